The van der Waals surface area contributed by atoms with Crippen LogP contribution in [0.25, 0.3) is 0 Å². The van der Waals surface area contributed by atoms with E-state index < -0.39 is 11.8 Å². The van der Waals surface area contributed by atoms with Crippen molar-refractivity contribution >= 4 is 39.6 Å². The molecule has 4 amide bonds. The van der Waals surface area contributed by atoms with Crippen molar-refractivity contribution in [2.75, 3.05) is 32.7 Å². The molecule has 1 aromatic rings. The number of carbonyl (C=O) groups is 4. The first-order valence-electron chi connectivity index (χ1n) is 8.63. The molecule has 3 rings (SSSR count). The first-order valence-corrected chi connectivity index (χ1v) is 9.43. The molecule has 0 saturated carbocycles. The van der Waals surface area contributed by atoms with Gasteiger partial charge in [-0.2, -0.15) is 0 Å². The maximum absolute atomic E-state index is 12.5. The predicted octanol–water partition coefficient (Wildman–Crippen LogP) is 1.52. The van der Waals surface area contributed by atoms with Crippen molar-refractivity contribution in [3.8, 4) is 0 Å². The third kappa shape index (κ3) is 3.51. The van der Waals surface area contributed by atoms with Crippen LogP contribution in [0.4, 0.5) is 0 Å². The van der Waals surface area contributed by atoms with Crippen LogP contribution in [0.5, 0.6) is 0 Å². The minimum Gasteiger partial charge on any atom is -0.339 e. The fourth-order valence-corrected chi connectivity index (χ4v) is 3.58. The molecule has 0 N–H and O–H groups in total. The zero-order chi connectivity index (χ0) is 18.8. The summed E-state index contributed by atoms with van der Waals surface area (Å²) in [6, 6.07) is 4.88. The van der Waals surface area contributed by atoms with Gasteiger partial charge in [0.25, 0.3) is 11.8 Å². The number of carbonyl (C=O) groups excluding carboxylic acids is 4. The largest absolute Gasteiger partial charge is 0.339 e. The number of imide groups is 1. The molecule has 1 aromatic carbocycles. The minimum atomic E-state index is -0.448. The van der Waals surface area contributed by atoms with Gasteiger partial charge in [0, 0.05) is 37.1 Å². The second-order valence-electron chi connectivity index (χ2n) is 6.40. The number of benzene rings is 1. The van der Waals surface area contributed by atoms with E-state index in [1.165, 1.54) is 0 Å². The molecule has 2 aliphatic heterocycles. The molecule has 1 saturated heterocycles. The topological polar surface area (TPSA) is 78.0 Å². The highest BCUT2D eigenvalue weighted by atomic mass is 79.9. The molecule has 2 heterocycles. The second-order valence-corrected chi connectivity index (χ2v) is 7.31. The molecular formula is C18H20BrN3O4. The van der Waals surface area contributed by atoms with E-state index in [4.69, 9.17) is 0 Å². The van der Waals surface area contributed by atoms with Gasteiger partial charge in [-0.3, -0.25) is 24.1 Å². The number of amides is 4. The van der Waals surface area contributed by atoms with Crippen LogP contribution in [0.1, 0.15) is 40.5 Å². The number of piperazine rings is 1. The quantitative estimate of drug-likeness (QED) is 0.690. The van der Waals surface area contributed by atoms with E-state index in [1.807, 2.05) is 6.92 Å². The molecule has 1 fully saturated rings. The van der Waals surface area contributed by atoms with E-state index in [0.717, 1.165) is 11.3 Å². The molecule has 0 unspecified atom stereocenters. The van der Waals surface area contributed by atoms with Crippen LogP contribution in [-0.4, -0.2) is 71.1 Å². The summed E-state index contributed by atoms with van der Waals surface area (Å²) in [4.78, 5) is 53.7. The van der Waals surface area contributed by atoms with Crippen molar-refractivity contribution in [1.82, 2.24) is 14.7 Å². The minimum absolute atomic E-state index is 0.102. The van der Waals surface area contributed by atoms with Crippen LogP contribution in [0, 0.1) is 0 Å². The molecule has 138 valence electrons. The molecule has 0 aromatic heterocycles. The van der Waals surface area contributed by atoms with Gasteiger partial charge in [0.15, 0.2) is 0 Å². The van der Waals surface area contributed by atoms with Crippen LogP contribution in [0.3, 0.4) is 0 Å². The number of hydrogen-bond acceptors (Lipinski definition) is 4. The summed E-state index contributed by atoms with van der Waals surface area (Å²) in [6.45, 7) is 3.50. The van der Waals surface area contributed by atoms with Crippen molar-refractivity contribution in [1.29, 1.82) is 0 Å². The van der Waals surface area contributed by atoms with E-state index >= 15 is 0 Å². The summed E-state index contributed by atoms with van der Waals surface area (Å²) >= 11 is 3.28. The van der Waals surface area contributed by atoms with Crippen LogP contribution in [0.2, 0.25) is 0 Å². The van der Waals surface area contributed by atoms with Gasteiger partial charge >= 0.3 is 0 Å². The zero-order valence-electron chi connectivity index (χ0n) is 14.5. The predicted molar refractivity (Wildman–Crippen MR) is 97.6 cm³/mol. The number of nitrogens with zero attached hydrogens (tertiary/aromatic N) is 3. The Morgan fingerprint density at radius 1 is 0.962 bits per heavy atom. The van der Waals surface area contributed by atoms with Crippen LogP contribution in [0.15, 0.2) is 22.7 Å². The van der Waals surface area contributed by atoms with E-state index in [1.54, 1.807) is 28.0 Å². The summed E-state index contributed by atoms with van der Waals surface area (Å²) in [5.74, 6) is -1.06. The second kappa shape index (κ2) is 7.57. The number of hydrogen-bond donors (Lipinski definition) is 0. The van der Waals surface area contributed by atoms with Crippen LogP contribution < -0.4 is 0 Å². The molecule has 7 nitrogen and oxygen atoms in total. The first kappa shape index (κ1) is 18.6. The number of fused-ring (bicyclic) bond motifs is 1. The van der Waals surface area contributed by atoms with Gasteiger partial charge in [-0.05, 0) is 24.6 Å². The van der Waals surface area contributed by atoms with Gasteiger partial charge in [-0.25, -0.2) is 0 Å². The first-order chi connectivity index (χ1) is 12.4. The molecule has 8 heteroatoms. The van der Waals surface area contributed by atoms with Crippen molar-refractivity contribution in [2.24, 2.45) is 0 Å². The average molecular weight is 422 g/mol. The lowest BCUT2D eigenvalue weighted by Gasteiger charge is -2.35. The van der Waals surface area contributed by atoms with Gasteiger partial charge in [-0.1, -0.05) is 22.9 Å². The Balaban J connectivity index is 1.60. The van der Waals surface area contributed by atoms with Crippen LogP contribution >= 0.6 is 15.9 Å². The fourth-order valence-electron chi connectivity index (χ4n) is 3.22. The number of rotatable bonds is 4. The van der Waals surface area contributed by atoms with E-state index in [-0.39, 0.29) is 18.4 Å². The summed E-state index contributed by atoms with van der Waals surface area (Å²) in [7, 11) is 0. The lowest BCUT2D eigenvalue weighted by Crippen LogP contribution is -2.53. The summed E-state index contributed by atoms with van der Waals surface area (Å²) in [5.41, 5.74) is 0.633. The molecule has 0 spiro atoms. The van der Waals surface area contributed by atoms with Gasteiger partial charge in [0.1, 0.15) is 6.54 Å². The smallest absolute Gasteiger partial charge is 0.262 e. The van der Waals surface area contributed by atoms with E-state index in [2.05, 4.69) is 15.9 Å². The van der Waals surface area contributed by atoms with E-state index in [9.17, 15) is 19.2 Å². The van der Waals surface area contributed by atoms with Crippen molar-refractivity contribution < 1.29 is 19.2 Å². The third-order valence-electron chi connectivity index (χ3n) is 4.68. The Bertz CT molecular complexity index is 772. The average Bonchev–Trinajstić information content (AvgIpc) is 2.86. The number of halogens is 1. The Morgan fingerprint density at radius 2 is 1.54 bits per heavy atom. The SMILES string of the molecule is CCCC(=O)N1CCN(C(=O)CN2C(=O)c3ccc(Br)cc3C2=O)CC1. The van der Waals surface area contributed by atoms with Gasteiger partial charge in [0.05, 0.1) is 11.1 Å². The molecule has 2 aliphatic rings. The normalized spacial score (nSPS) is 16.9. The van der Waals surface area contributed by atoms with E-state index in [0.29, 0.717) is 48.2 Å². The summed E-state index contributed by atoms with van der Waals surface area (Å²) in [6.07, 6.45) is 1.31. The molecule has 0 bridgehead atoms. The summed E-state index contributed by atoms with van der Waals surface area (Å²) in [5, 5.41) is 0. The Morgan fingerprint density at radius 3 is 2.15 bits per heavy atom. The third-order valence-corrected chi connectivity index (χ3v) is 5.17. The molecule has 0 radical (unpaired) electrons. The van der Waals surface area contributed by atoms with Gasteiger partial charge in [-0.15, -0.1) is 0 Å². The maximum atomic E-state index is 12.5. The molecule has 26 heavy (non-hydrogen) atoms. The van der Waals surface area contributed by atoms with Crippen molar-refractivity contribution in [3.63, 3.8) is 0 Å². The van der Waals surface area contributed by atoms with Gasteiger partial charge in [0.2, 0.25) is 11.8 Å². The fraction of sp³-hybridized carbons (Fsp3) is 0.444. The lowest BCUT2D eigenvalue weighted by atomic mass is 10.1. The highest BCUT2D eigenvalue weighted by Crippen LogP contribution is 2.26. The Hall–Kier alpha value is -2.22. The monoisotopic (exact) mass is 421 g/mol. The molecule has 0 atom stereocenters. The van der Waals surface area contributed by atoms with Crippen LogP contribution in [-0.2, 0) is 9.59 Å². The zero-order valence-corrected chi connectivity index (χ0v) is 16.1. The Kier molecular flexibility index (Phi) is 5.41. The van der Waals surface area contributed by atoms with Crippen molar-refractivity contribution in [2.45, 2.75) is 19.8 Å². The molecule has 0 aliphatic carbocycles. The highest BCUT2D eigenvalue weighted by Gasteiger charge is 2.37. The molecular weight excluding hydrogens is 402 g/mol. The maximum Gasteiger partial charge on any atom is 0.262 e. The standard InChI is InChI=1S/C18H20BrN3O4/c1-2-3-15(23)20-6-8-21(9-7-20)16(24)11-22-17(25)13-5-4-12(19)10-14(13)18(22)26/h4-5,10H,2-3,6-9,11H2,1H3. The van der Waals surface area contributed by atoms with Crippen molar-refractivity contribution in [3.05, 3.63) is 33.8 Å². The van der Waals surface area contributed by atoms with Gasteiger partial charge < -0.3 is 9.80 Å². The Labute approximate surface area is 160 Å². The summed E-state index contributed by atoms with van der Waals surface area (Å²) < 4.78 is 0.707. The lowest BCUT2D eigenvalue weighted by molar-refractivity contribution is -0.139. The highest BCUT2D eigenvalue weighted by molar-refractivity contribution is 9.10.